The van der Waals surface area contributed by atoms with Gasteiger partial charge in [-0.25, -0.2) is 8.42 Å². The maximum absolute atomic E-state index is 12.5. The minimum Gasteiger partial charge on any atom is -0.339 e. The third kappa shape index (κ3) is 5.54. The number of aryl methyl sites for hydroxylation is 1. The number of carbonyl (C=O) groups is 2. The topological polar surface area (TPSA) is 78.0 Å². The van der Waals surface area contributed by atoms with E-state index in [1.54, 1.807) is 9.80 Å². The van der Waals surface area contributed by atoms with Gasteiger partial charge in [0.1, 0.15) is 0 Å². The number of piperazine rings is 1. The van der Waals surface area contributed by atoms with Gasteiger partial charge < -0.3 is 9.80 Å². The molecule has 1 heterocycles. The molecule has 1 fully saturated rings. The average molecular weight is 367 g/mol. The number of hydrogen-bond acceptors (Lipinski definition) is 4. The van der Waals surface area contributed by atoms with Gasteiger partial charge in [-0.1, -0.05) is 29.8 Å². The van der Waals surface area contributed by atoms with Crippen molar-refractivity contribution in [1.29, 1.82) is 0 Å². The molecule has 0 aromatic heterocycles. The number of hydrogen-bond donors (Lipinski definition) is 0. The molecule has 0 unspecified atom stereocenters. The Labute approximate surface area is 149 Å². The molecule has 7 nitrogen and oxygen atoms in total. The smallest absolute Gasteiger partial charge is 0.238 e. The number of rotatable bonds is 5. The lowest BCUT2D eigenvalue weighted by Gasteiger charge is -2.35. The van der Waals surface area contributed by atoms with Crippen LogP contribution in [0.2, 0.25) is 0 Å². The zero-order valence-corrected chi connectivity index (χ0v) is 15.8. The molecule has 0 spiro atoms. The van der Waals surface area contributed by atoms with Crippen molar-refractivity contribution in [3.63, 3.8) is 0 Å². The fraction of sp³-hybridized carbons (Fsp3) is 0.529. The molecular formula is C17H25N3O4S. The van der Waals surface area contributed by atoms with E-state index in [0.29, 0.717) is 26.2 Å². The van der Waals surface area contributed by atoms with E-state index in [-0.39, 0.29) is 24.9 Å². The summed E-state index contributed by atoms with van der Waals surface area (Å²) < 4.78 is 25.4. The molecule has 0 N–H and O–H groups in total. The standard InChI is InChI=1S/C17H25N3O4S/c1-14-5-4-6-16(11-14)12-20(25(3,23)24)13-17(22)19-9-7-18(8-10-19)15(2)21/h4-6,11H,7-10,12-13H2,1-3H3. The van der Waals surface area contributed by atoms with Crippen molar-refractivity contribution in [1.82, 2.24) is 14.1 Å². The van der Waals surface area contributed by atoms with Crippen LogP contribution in [0.15, 0.2) is 24.3 Å². The van der Waals surface area contributed by atoms with Crippen LogP contribution in [0.3, 0.4) is 0 Å². The van der Waals surface area contributed by atoms with E-state index in [9.17, 15) is 18.0 Å². The van der Waals surface area contributed by atoms with Gasteiger partial charge in [-0.05, 0) is 12.5 Å². The summed E-state index contributed by atoms with van der Waals surface area (Å²) in [6.07, 6.45) is 1.11. The zero-order valence-electron chi connectivity index (χ0n) is 14.9. The van der Waals surface area contributed by atoms with E-state index in [2.05, 4.69) is 0 Å². The Kier molecular flexibility index (Phi) is 6.18. The zero-order chi connectivity index (χ0) is 18.6. The fourth-order valence-electron chi connectivity index (χ4n) is 2.83. The number of amides is 2. The Morgan fingerprint density at radius 3 is 2.24 bits per heavy atom. The highest BCUT2D eigenvalue weighted by atomic mass is 32.2. The van der Waals surface area contributed by atoms with E-state index >= 15 is 0 Å². The Bertz CT molecular complexity index is 740. The Hall–Kier alpha value is -1.93. The second-order valence-electron chi connectivity index (χ2n) is 6.41. The lowest BCUT2D eigenvalue weighted by molar-refractivity contribution is -0.138. The van der Waals surface area contributed by atoms with Crippen LogP contribution >= 0.6 is 0 Å². The molecule has 138 valence electrons. The highest BCUT2D eigenvalue weighted by Crippen LogP contribution is 2.12. The molecule has 2 amide bonds. The molecule has 8 heteroatoms. The van der Waals surface area contributed by atoms with E-state index in [1.165, 1.54) is 11.2 Å². The van der Waals surface area contributed by atoms with Gasteiger partial charge in [0.2, 0.25) is 21.8 Å². The lowest BCUT2D eigenvalue weighted by Crippen LogP contribution is -2.52. The van der Waals surface area contributed by atoms with Crippen molar-refractivity contribution in [2.45, 2.75) is 20.4 Å². The first-order valence-electron chi connectivity index (χ1n) is 8.21. The second kappa shape index (κ2) is 7.97. The van der Waals surface area contributed by atoms with Gasteiger partial charge >= 0.3 is 0 Å². The number of benzene rings is 1. The normalized spacial score (nSPS) is 15.5. The van der Waals surface area contributed by atoms with E-state index in [0.717, 1.165) is 17.4 Å². The summed E-state index contributed by atoms with van der Waals surface area (Å²) in [5, 5.41) is 0. The molecule has 0 aliphatic carbocycles. The van der Waals surface area contributed by atoms with Gasteiger partial charge in [-0.3, -0.25) is 9.59 Å². The molecule has 0 saturated carbocycles. The summed E-state index contributed by atoms with van der Waals surface area (Å²) in [5.74, 6) is -0.245. The van der Waals surface area contributed by atoms with Crippen molar-refractivity contribution >= 4 is 21.8 Å². The SMILES string of the molecule is CC(=O)N1CCN(C(=O)CN(Cc2cccc(C)c2)S(C)(=O)=O)CC1. The molecular weight excluding hydrogens is 342 g/mol. The predicted octanol–water partition coefficient (Wildman–Crippen LogP) is 0.447. The number of sulfonamides is 1. The van der Waals surface area contributed by atoms with E-state index < -0.39 is 10.0 Å². The highest BCUT2D eigenvalue weighted by molar-refractivity contribution is 7.88. The van der Waals surface area contributed by atoms with Crippen LogP contribution < -0.4 is 0 Å². The van der Waals surface area contributed by atoms with Crippen LogP contribution in [-0.4, -0.2) is 73.3 Å². The molecule has 1 aliphatic heterocycles. The van der Waals surface area contributed by atoms with Crippen molar-refractivity contribution in [3.05, 3.63) is 35.4 Å². The Balaban J connectivity index is 2.02. The predicted molar refractivity (Wildman–Crippen MR) is 95.3 cm³/mol. The summed E-state index contributed by atoms with van der Waals surface area (Å²) in [6.45, 7) is 5.25. The number of carbonyl (C=O) groups excluding carboxylic acids is 2. The molecule has 0 radical (unpaired) electrons. The van der Waals surface area contributed by atoms with E-state index in [1.807, 2.05) is 31.2 Å². The molecule has 1 aliphatic rings. The van der Waals surface area contributed by atoms with Crippen molar-refractivity contribution in [3.8, 4) is 0 Å². The van der Waals surface area contributed by atoms with Crippen LogP contribution in [0.4, 0.5) is 0 Å². The Morgan fingerprint density at radius 2 is 1.72 bits per heavy atom. The minimum atomic E-state index is -3.51. The molecule has 1 saturated heterocycles. The quantitative estimate of drug-likeness (QED) is 0.757. The lowest BCUT2D eigenvalue weighted by atomic mass is 10.1. The van der Waals surface area contributed by atoms with Crippen LogP contribution in [-0.2, 0) is 26.2 Å². The second-order valence-corrected chi connectivity index (χ2v) is 8.39. The number of nitrogens with zero attached hydrogens (tertiary/aromatic N) is 3. The molecule has 0 atom stereocenters. The monoisotopic (exact) mass is 367 g/mol. The summed E-state index contributed by atoms with van der Waals surface area (Å²) in [7, 11) is -3.51. The van der Waals surface area contributed by atoms with Gasteiger partial charge in [0.05, 0.1) is 12.8 Å². The van der Waals surface area contributed by atoms with Crippen molar-refractivity contribution < 1.29 is 18.0 Å². The van der Waals surface area contributed by atoms with Crippen LogP contribution in [0.25, 0.3) is 0 Å². The third-order valence-electron chi connectivity index (χ3n) is 4.30. The molecule has 25 heavy (non-hydrogen) atoms. The van der Waals surface area contributed by atoms with Crippen molar-refractivity contribution in [2.24, 2.45) is 0 Å². The summed E-state index contributed by atoms with van der Waals surface area (Å²) in [6, 6.07) is 7.57. The first kappa shape index (κ1) is 19.4. The maximum atomic E-state index is 12.5. The van der Waals surface area contributed by atoms with Gasteiger partial charge in [-0.2, -0.15) is 4.31 Å². The van der Waals surface area contributed by atoms with Gasteiger partial charge in [0.25, 0.3) is 0 Å². The molecule has 2 rings (SSSR count). The van der Waals surface area contributed by atoms with Gasteiger partial charge in [0, 0.05) is 39.6 Å². The fourth-order valence-corrected chi connectivity index (χ4v) is 3.55. The van der Waals surface area contributed by atoms with Gasteiger partial charge in [0.15, 0.2) is 0 Å². The maximum Gasteiger partial charge on any atom is 0.238 e. The Morgan fingerprint density at radius 1 is 1.12 bits per heavy atom. The summed E-state index contributed by atoms with van der Waals surface area (Å²) in [5.41, 5.74) is 1.89. The first-order chi connectivity index (χ1) is 11.7. The molecule has 1 aromatic carbocycles. The molecule has 0 bridgehead atoms. The van der Waals surface area contributed by atoms with E-state index in [4.69, 9.17) is 0 Å². The highest BCUT2D eigenvalue weighted by Gasteiger charge is 2.26. The van der Waals surface area contributed by atoms with Crippen molar-refractivity contribution in [2.75, 3.05) is 39.0 Å². The third-order valence-corrected chi connectivity index (χ3v) is 5.50. The van der Waals surface area contributed by atoms with Crippen LogP contribution in [0, 0.1) is 6.92 Å². The van der Waals surface area contributed by atoms with Gasteiger partial charge in [-0.15, -0.1) is 0 Å². The average Bonchev–Trinajstić information content (AvgIpc) is 2.53. The minimum absolute atomic E-state index is 0.00990. The molecule has 1 aromatic rings. The summed E-state index contributed by atoms with van der Waals surface area (Å²) >= 11 is 0. The van der Waals surface area contributed by atoms with Crippen LogP contribution in [0.5, 0.6) is 0 Å². The first-order valence-corrected chi connectivity index (χ1v) is 10.1. The van der Waals surface area contributed by atoms with Crippen LogP contribution in [0.1, 0.15) is 18.1 Å². The summed E-state index contributed by atoms with van der Waals surface area (Å²) in [4.78, 5) is 27.2. The largest absolute Gasteiger partial charge is 0.339 e.